The zero-order valence-corrected chi connectivity index (χ0v) is 7.53. The van der Waals surface area contributed by atoms with E-state index in [9.17, 15) is 4.79 Å². The molecule has 1 aromatic heterocycles. The summed E-state index contributed by atoms with van der Waals surface area (Å²) < 4.78 is 0. The van der Waals surface area contributed by atoms with Crippen molar-refractivity contribution in [1.29, 1.82) is 0 Å². The van der Waals surface area contributed by atoms with Crippen molar-refractivity contribution in [2.75, 3.05) is 12.3 Å². The first-order chi connectivity index (χ1) is 6.74. The van der Waals surface area contributed by atoms with E-state index in [0.29, 0.717) is 13.0 Å². The number of carbonyl (C=O) groups excluding carboxylic acids is 1. The van der Waals surface area contributed by atoms with Crippen LogP contribution in [-0.2, 0) is 0 Å². The Hall–Kier alpha value is -2.09. The minimum Gasteiger partial charge on any atom is -0.382 e. The van der Waals surface area contributed by atoms with Crippen LogP contribution in [0, 0.1) is 12.3 Å². The number of nitrogens with zero attached hydrogens (tertiary/aromatic N) is 2. The van der Waals surface area contributed by atoms with Crippen molar-refractivity contribution in [3.8, 4) is 12.3 Å². The highest BCUT2D eigenvalue weighted by Crippen LogP contribution is 1.95. The van der Waals surface area contributed by atoms with Crippen molar-refractivity contribution >= 4 is 11.7 Å². The molecule has 0 aliphatic carbocycles. The van der Waals surface area contributed by atoms with Crippen molar-refractivity contribution in [3.05, 3.63) is 18.1 Å². The van der Waals surface area contributed by atoms with Crippen LogP contribution < -0.4 is 11.1 Å². The van der Waals surface area contributed by atoms with Crippen LogP contribution in [0.3, 0.4) is 0 Å². The van der Waals surface area contributed by atoms with Crippen LogP contribution in [-0.4, -0.2) is 22.4 Å². The first kappa shape index (κ1) is 9.99. The normalized spacial score (nSPS) is 9.07. The molecule has 0 aliphatic heterocycles. The van der Waals surface area contributed by atoms with E-state index in [2.05, 4.69) is 21.2 Å². The molecular formula is C9H10N4O. The van der Waals surface area contributed by atoms with E-state index in [1.165, 1.54) is 12.4 Å². The van der Waals surface area contributed by atoms with Crippen molar-refractivity contribution in [2.24, 2.45) is 0 Å². The van der Waals surface area contributed by atoms with Crippen LogP contribution in [0.4, 0.5) is 5.82 Å². The van der Waals surface area contributed by atoms with Gasteiger partial charge in [-0.2, -0.15) is 0 Å². The maximum absolute atomic E-state index is 11.3. The second-order valence-corrected chi connectivity index (χ2v) is 2.54. The summed E-state index contributed by atoms with van der Waals surface area (Å²) in [6.07, 6.45) is 8.17. The highest BCUT2D eigenvalue weighted by molar-refractivity contribution is 5.91. The monoisotopic (exact) mass is 190 g/mol. The molecule has 14 heavy (non-hydrogen) atoms. The van der Waals surface area contributed by atoms with E-state index in [4.69, 9.17) is 12.2 Å². The summed E-state index contributed by atoms with van der Waals surface area (Å²) in [5.74, 6) is 2.40. The Balaban J connectivity index is 2.53. The summed E-state index contributed by atoms with van der Waals surface area (Å²) in [5, 5.41) is 2.59. The molecule has 0 spiro atoms. The molecule has 0 fully saturated rings. The smallest absolute Gasteiger partial charge is 0.271 e. The Morgan fingerprint density at radius 3 is 2.93 bits per heavy atom. The van der Waals surface area contributed by atoms with Crippen molar-refractivity contribution in [2.45, 2.75) is 6.42 Å². The Kier molecular flexibility index (Phi) is 3.44. The summed E-state index contributed by atoms with van der Waals surface area (Å²) in [4.78, 5) is 18.9. The van der Waals surface area contributed by atoms with Crippen LogP contribution in [0.5, 0.6) is 0 Å². The number of terminal acetylenes is 1. The van der Waals surface area contributed by atoms with Crippen molar-refractivity contribution < 1.29 is 4.79 Å². The molecule has 0 unspecified atom stereocenters. The fourth-order valence-corrected chi connectivity index (χ4v) is 0.794. The van der Waals surface area contributed by atoms with Gasteiger partial charge in [-0.1, -0.05) is 0 Å². The molecular weight excluding hydrogens is 180 g/mol. The fraction of sp³-hybridized carbons (Fsp3) is 0.222. The average molecular weight is 190 g/mol. The van der Waals surface area contributed by atoms with Crippen LogP contribution in [0.25, 0.3) is 0 Å². The molecule has 0 saturated heterocycles. The third-order valence-corrected chi connectivity index (χ3v) is 1.46. The van der Waals surface area contributed by atoms with Gasteiger partial charge in [0, 0.05) is 13.0 Å². The lowest BCUT2D eigenvalue weighted by atomic mass is 10.4. The molecule has 1 heterocycles. The molecule has 5 nitrogen and oxygen atoms in total. The lowest BCUT2D eigenvalue weighted by Crippen LogP contribution is -2.25. The van der Waals surface area contributed by atoms with Gasteiger partial charge in [-0.05, 0) is 0 Å². The number of nitrogen functional groups attached to an aromatic ring is 1. The maximum atomic E-state index is 11.3. The Morgan fingerprint density at radius 2 is 2.36 bits per heavy atom. The number of anilines is 1. The van der Waals surface area contributed by atoms with Crippen LogP contribution in [0.15, 0.2) is 12.4 Å². The molecule has 0 aliphatic rings. The third-order valence-electron chi connectivity index (χ3n) is 1.46. The molecule has 0 saturated carbocycles. The van der Waals surface area contributed by atoms with E-state index >= 15 is 0 Å². The summed E-state index contributed by atoms with van der Waals surface area (Å²) in [7, 11) is 0. The summed E-state index contributed by atoms with van der Waals surface area (Å²) in [6, 6.07) is 0. The van der Waals surface area contributed by atoms with Gasteiger partial charge in [0.05, 0.1) is 12.4 Å². The highest BCUT2D eigenvalue weighted by atomic mass is 16.1. The minimum absolute atomic E-state index is 0.233. The first-order valence-corrected chi connectivity index (χ1v) is 4.03. The predicted octanol–water partition coefficient (Wildman–Crippen LogP) is -0.188. The second kappa shape index (κ2) is 4.82. The second-order valence-electron chi connectivity index (χ2n) is 2.54. The molecule has 0 atom stereocenters. The largest absolute Gasteiger partial charge is 0.382 e. The van der Waals surface area contributed by atoms with E-state index < -0.39 is 0 Å². The predicted molar refractivity (Wildman–Crippen MR) is 52.2 cm³/mol. The summed E-state index contributed by atoms with van der Waals surface area (Å²) in [5.41, 5.74) is 5.55. The van der Waals surface area contributed by atoms with Crippen LogP contribution in [0.2, 0.25) is 0 Å². The van der Waals surface area contributed by atoms with Gasteiger partial charge in [0.15, 0.2) is 0 Å². The number of hydrogen-bond acceptors (Lipinski definition) is 4. The van der Waals surface area contributed by atoms with E-state index in [0.717, 1.165) is 0 Å². The standard InChI is InChI=1S/C9H10N4O/c1-2-3-4-11-9(14)7-5-13-8(10)6-12-7/h1,5-6H,3-4H2,(H2,10,13)(H,11,14). The molecule has 5 heteroatoms. The Bertz CT molecular complexity index is 352. The van der Waals surface area contributed by atoms with Crippen LogP contribution >= 0.6 is 0 Å². The number of nitrogens with one attached hydrogen (secondary N) is 1. The number of rotatable bonds is 3. The maximum Gasteiger partial charge on any atom is 0.271 e. The number of aromatic nitrogens is 2. The number of nitrogens with two attached hydrogens (primary N) is 1. The van der Waals surface area contributed by atoms with E-state index in [-0.39, 0.29) is 17.4 Å². The molecule has 0 radical (unpaired) electrons. The van der Waals surface area contributed by atoms with E-state index in [1.54, 1.807) is 0 Å². The minimum atomic E-state index is -0.298. The number of amides is 1. The lowest BCUT2D eigenvalue weighted by Gasteiger charge is -2.01. The average Bonchev–Trinajstić information content (AvgIpc) is 2.19. The van der Waals surface area contributed by atoms with Gasteiger partial charge in [-0.3, -0.25) is 4.79 Å². The van der Waals surface area contributed by atoms with Gasteiger partial charge in [0.1, 0.15) is 11.5 Å². The number of hydrogen-bond donors (Lipinski definition) is 2. The van der Waals surface area contributed by atoms with Gasteiger partial charge < -0.3 is 11.1 Å². The summed E-state index contributed by atoms with van der Waals surface area (Å²) in [6.45, 7) is 0.432. The molecule has 1 amide bonds. The SMILES string of the molecule is C#CCCNC(=O)c1cnc(N)cn1. The van der Waals surface area contributed by atoms with E-state index in [1.807, 2.05) is 0 Å². The topological polar surface area (TPSA) is 80.9 Å². The van der Waals surface area contributed by atoms with Crippen molar-refractivity contribution in [1.82, 2.24) is 15.3 Å². The molecule has 0 bridgehead atoms. The highest BCUT2D eigenvalue weighted by Gasteiger charge is 2.05. The van der Waals surface area contributed by atoms with Gasteiger partial charge >= 0.3 is 0 Å². The third kappa shape index (κ3) is 2.75. The quantitative estimate of drug-likeness (QED) is 0.511. The Labute approximate surface area is 81.7 Å². The zero-order valence-electron chi connectivity index (χ0n) is 7.53. The molecule has 72 valence electrons. The molecule has 3 N–H and O–H groups in total. The summed E-state index contributed by atoms with van der Waals surface area (Å²) >= 11 is 0. The van der Waals surface area contributed by atoms with Gasteiger partial charge in [0.2, 0.25) is 0 Å². The lowest BCUT2D eigenvalue weighted by molar-refractivity contribution is 0.0949. The molecule has 1 aromatic rings. The molecule has 0 aromatic carbocycles. The zero-order chi connectivity index (χ0) is 10.4. The number of carbonyl (C=O) groups is 1. The first-order valence-electron chi connectivity index (χ1n) is 4.03. The van der Waals surface area contributed by atoms with Crippen molar-refractivity contribution in [3.63, 3.8) is 0 Å². The van der Waals surface area contributed by atoms with Crippen LogP contribution in [0.1, 0.15) is 16.9 Å². The van der Waals surface area contributed by atoms with Gasteiger partial charge in [-0.25, -0.2) is 9.97 Å². The Morgan fingerprint density at radius 1 is 1.57 bits per heavy atom. The van der Waals surface area contributed by atoms with Gasteiger partial charge in [0.25, 0.3) is 5.91 Å². The fourth-order valence-electron chi connectivity index (χ4n) is 0.794. The molecule has 1 rings (SSSR count). The van der Waals surface area contributed by atoms with Gasteiger partial charge in [-0.15, -0.1) is 12.3 Å².